The van der Waals surface area contributed by atoms with Crippen molar-refractivity contribution in [3.05, 3.63) is 29.5 Å². The fourth-order valence-electron chi connectivity index (χ4n) is 1.64. The van der Waals surface area contributed by atoms with E-state index in [1.807, 2.05) is 0 Å². The molecule has 1 saturated heterocycles. The van der Waals surface area contributed by atoms with E-state index in [9.17, 15) is 18.4 Å². The number of fused-ring (bicyclic) bond motifs is 1. The molecule has 0 radical (unpaired) electrons. The minimum Gasteiger partial charge on any atom is -0.395 e. The summed E-state index contributed by atoms with van der Waals surface area (Å²) in [7, 11) is 0. The Bertz CT molecular complexity index is 629. The number of hydrogen-bond donors (Lipinski definition) is 1. The molecule has 1 fully saturated rings. The number of amides is 1. The highest BCUT2D eigenvalue weighted by molar-refractivity contribution is 8.27. The monoisotopic (exact) mass is 285 g/mol. The molecule has 1 aromatic carbocycles. The van der Waals surface area contributed by atoms with Gasteiger partial charge in [-0.15, -0.1) is 8.78 Å². The second kappa shape index (κ2) is 3.95. The van der Waals surface area contributed by atoms with Gasteiger partial charge in [0, 0.05) is 11.8 Å². The highest BCUT2D eigenvalue weighted by Gasteiger charge is 2.43. The van der Waals surface area contributed by atoms with Crippen LogP contribution in [0.15, 0.2) is 23.9 Å². The van der Waals surface area contributed by atoms with E-state index in [1.165, 1.54) is 24.3 Å². The molecule has 0 aromatic heterocycles. The predicted octanol–water partition coefficient (Wildman–Crippen LogP) is 2.33. The maximum Gasteiger partial charge on any atom is 0.586 e. The van der Waals surface area contributed by atoms with E-state index in [2.05, 4.69) is 14.8 Å². The van der Waals surface area contributed by atoms with E-state index in [-0.39, 0.29) is 17.2 Å². The van der Waals surface area contributed by atoms with Crippen LogP contribution in [-0.2, 0) is 4.79 Å². The maximum absolute atomic E-state index is 12.8. The van der Waals surface area contributed by atoms with Gasteiger partial charge in [-0.1, -0.05) is 6.07 Å². The fraction of sp³-hybridized carbons (Fsp3) is 0.0909. The van der Waals surface area contributed by atoms with Gasteiger partial charge in [-0.05, 0) is 23.8 Å². The van der Waals surface area contributed by atoms with Crippen LogP contribution in [0.2, 0.25) is 0 Å². The zero-order valence-corrected chi connectivity index (χ0v) is 9.92. The molecular weight excluding hydrogens is 280 g/mol. The van der Waals surface area contributed by atoms with Crippen LogP contribution in [0, 0.1) is 0 Å². The zero-order chi connectivity index (χ0) is 13.6. The molecule has 2 aliphatic rings. The second-order valence-electron chi connectivity index (χ2n) is 3.73. The molecular formula is C11H5F2NO4S. The van der Waals surface area contributed by atoms with Crippen molar-refractivity contribution >= 4 is 28.2 Å². The van der Waals surface area contributed by atoms with Crippen LogP contribution in [0.3, 0.4) is 0 Å². The molecule has 2 heterocycles. The fourth-order valence-corrected chi connectivity index (χ4v) is 2.19. The molecule has 1 N–H and O–H groups in total. The van der Waals surface area contributed by atoms with E-state index < -0.39 is 16.6 Å². The lowest BCUT2D eigenvalue weighted by molar-refractivity contribution is -0.286. The van der Waals surface area contributed by atoms with Gasteiger partial charge in [-0.2, -0.15) is 0 Å². The van der Waals surface area contributed by atoms with Crippen molar-refractivity contribution < 1.29 is 27.8 Å². The number of alkyl halides is 2. The Hall–Kier alpha value is -2.09. The summed E-state index contributed by atoms with van der Waals surface area (Å²) in [5, 5.41) is 1.46. The molecule has 2 aliphatic heterocycles. The van der Waals surface area contributed by atoms with E-state index in [4.69, 9.17) is 0 Å². The van der Waals surface area contributed by atoms with Crippen LogP contribution >= 0.6 is 11.8 Å². The molecule has 98 valence electrons. The molecule has 8 heteroatoms. The number of halogens is 2. The zero-order valence-electron chi connectivity index (χ0n) is 9.11. The van der Waals surface area contributed by atoms with Gasteiger partial charge in [0.25, 0.3) is 5.24 Å². The van der Waals surface area contributed by atoms with Gasteiger partial charge in [-0.25, -0.2) is 0 Å². The van der Waals surface area contributed by atoms with Crippen molar-refractivity contribution in [3.8, 4) is 11.5 Å². The summed E-state index contributed by atoms with van der Waals surface area (Å²) in [5.74, 6) is -0.202. The van der Waals surface area contributed by atoms with E-state index >= 15 is 0 Å². The van der Waals surface area contributed by atoms with Gasteiger partial charge < -0.3 is 14.8 Å². The average molecular weight is 285 g/mol. The van der Waals surface area contributed by atoms with Crippen molar-refractivity contribution in [1.29, 1.82) is 0 Å². The predicted molar refractivity (Wildman–Crippen MR) is 61.8 cm³/mol. The first-order valence-electron chi connectivity index (χ1n) is 5.08. The lowest BCUT2D eigenvalue weighted by Gasteiger charge is -2.04. The van der Waals surface area contributed by atoms with E-state index in [0.29, 0.717) is 17.3 Å². The Labute approximate surface area is 109 Å². The highest BCUT2D eigenvalue weighted by atomic mass is 32.2. The van der Waals surface area contributed by atoms with Crippen LogP contribution in [0.25, 0.3) is 6.08 Å². The Morgan fingerprint density at radius 3 is 2.63 bits per heavy atom. The van der Waals surface area contributed by atoms with Gasteiger partial charge in [0.05, 0.1) is 5.70 Å². The molecule has 1 aromatic rings. The first-order chi connectivity index (χ1) is 8.93. The largest absolute Gasteiger partial charge is 0.586 e. The third kappa shape index (κ3) is 2.26. The summed E-state index contributed by atoms with van der Waals surface area (Å²) in [5.41, 5.74) is 0.534. The first-order valence-corrected chi connectivity index (χ1v) is 5.89. The topological polar surface area (TPSA) is 64.6 Å². The normalized spacial score (nSPS) is 21.9. The molecule has 0 aliphatic carbocycles. The lowest BCUT2D eigenvalue weighted by Crippen LogP contribution is -2.25. The summed E-state index contributed by atoms with van der Waals surface area (Å²) in [6.45, 7) is 0. The third-order valence-electron chi connectivity index (χ3n) is 2.38. The summed E-state index contributed by atoms with van der Waals surface area (Å²) in [6, 6.07) is 4.07. The average Bonchev–Trinajstić information content (AvgIpc) is 2.76. The Morgan fingerprint density at radius 2 is 1.95 bits per heavy atom. The molecule has 0 unspecified atom stereocenters. The number of benzene rings is 1. The van der Waals surface area contributed by atoms with Crippen molar-refractivity contribution in [2.45, 2.75) is 6.29 Å². The van der Waals surface area contributed by atoms with Crippen LogP contribution in [0.1, 0.15) is 5.56 Å². The Kier molecular flexibility index (Phi) is 2.49. The van der Waals surface area contributed by atoms with E-state index in [1.54, 1.807) is 0 Å². The highest BCUT2D eigenvalue weighted by Crippen LogP contribution is 2.41. The molecule has 1 amide bonds. The third-order valence-corrected chi connectivity index (χ3v) is 3.07. The van der Waals surface area contributed by atoms with Crippen LogP contribution in [-0.4, -0.2) is 16.6 Å². The van der Waals surface area contributed by atoms with Crippen molar-refractivity contribution in [2.24, 2.45) is 0 Å². The van der Waals surface area contributed by atoms with Crippen LogP contribution in [0.5, 0.6) is 11.5 Å². The smallest absolute Gasteiger partial charge is 0.395 e. The number of ether oxygens (including phenoxy) is 2. The molecule has 0 bridgehead atoms. The number of nitrogens with one attached hydrogen (secondary N) is 1. The number of thioether (sulfide) groups is 1. The second-order valence-corrected chi connectivity index (χ2v) is 4.68. The number of carbonyl (C=O) groups is 2. The minimum absolute atomic E-state index is 0.0803. The standard InChI is InChI=1S/C11H5F2NO4S/c12-11(13)17-7-2-1-5(4-8(7)18-11)3-6-9(15)19-10(16)14-6/h1-4H,(H,14,16). The number of hydrogen-bond acceptors (Lipinski definition) is 5. The lowest BCUT2D eigenvalue weighted by atomic mass is 10.1. The van der Waals surface area contributed by atoms with Crippen LogP contribution in [0.4, 0.5) is 13.6 Å². The Morgan fingerprint density at radius 1 is 1.21 bits per heavy atom. The molecule has 3 rings (SSSR count). The first kappa shape index (κ1) is 12.0. The summed E-state index contributed by atoms with van der Waals surface area (Å²) in [4.78, 5) is 22.3. The summed E-state index contributed by atoms with van der Waals surface area (Å²) >= 11 is 0.540. The molecule has 0 atom stereocenters. The van der Waals surface area contributed by atoms with Crippen molar-refractivity contribution in [3.63, 3.8) is 0 Å². The quantitative estimate of drug-likeness (QED) is 0.802. The van der Waals surface area contributed by atoms with E-state index in [0.717, 1.165) is 0 Å². The van der Waals surface area contributed by atoms with Gasteiger partial charge >= 0.3 is 6.29 Å². The maximum atomic E-state index is 12.8. The Balaban J connectivity index is 1.91. The SMILES string of the molecule is O=C1NC(=Cc2ccc3c(c2)OC(F)(F)O3)C(=O)S1. The van der Waals surface area contributed by atoms with Gasteiger partial charge in [0.2, 0.25) is 5.12 Å². The van der Waals surface area contributed by atoms with Gasteiger partial charge in [-0.3, -0.25) is 9.59 Å². The summed E-state index contributed by atoms with van der Waals surface area (Å²) < 4.78 is 34.2. The van der Waals surface area contributed by atoms with Crippen molar-refractivity contribution in [1.82, 2.24) is 5.32 Å². The van der Waals surface area contributed by atoms with Crippen molar-refractivity contribution in [2.75, 3.05) is 0 Å². The molecule has 0 saturated carbocycles. The number of carbonyl (C=O) groups excluding carboxylic acids is 2. The summed E-state index contributed by atoms with van der Waals surface area (Å²) in [6.07, 6.45) is -2.30. The van der Waals surface area contributed by atoms with Crippen LogP contribution < -0.4 is 14.8 Å². The number of rotatable bonds is 1. The van der Waals surface area contributed by atoms with Gasteiger partial charge in [0.15, 0.2) is 11.5 Å². The molecule has 19 heavy (non-hydrogen) atoms. The van der Waals surface area contributed by atoms with Gasteiger partial charge in [0.1, 0.15) is 0 Å². The minimum atomic E-state index is -3.68. The molecule has 0 spiro atoms. The molecule has 5 nitrogen and oxygen atoms in total.